The maximum Gasteiger partial charge on any atom is 0.221 e. The van der Waals surface area contributed by atoms with Crippen LogP contribution >= 0.6 is 11.6 Å². The number of aliphatic hydroxyl groups is 1. The van der Waals surface area contributed by atoms with Gasteiger partial charge in [0.15, 0.2) is 0 Å². The molecular formula is C18H21ClN2O2. The van der Waals surface area contributed by atoms with E-state index in [1.54, 1.807) is 44.2 Å². The number of halogens is 1. The molecule has 1 aromatic carbocycles. The standard InChI is InChI=1S/C18H21ClN2O2/c1-4-6-15(16(22)5-2)21-18(12(3)11-17(20)23)13-7-9-14(19)10-8-13/h4-10,21-22H,1,11H2,2-3H3,(H2,20,23)/b15-6+,16-5+,18-12-. The lowest BCUT2D eigenvalue weighted by atomic mass is 10.0. The van der Waals surface area contributed by atoms with Crippen molar-refractivity contribution in [1.29, 1.82) is 0 Å². The number of aliphatic hydroxyl groups excluding tert-OH is 1. The normalized spacial score (nSPS) is 13.3. The number of carbonyl (C=O) groups is 1. The predicted molar refractivity (Wildman–Crippen MR) is 95.7 cm³/mol. The summed E-state index contributed by atoms with van der Waals surface area (Å²) in [7, 11) is 0. The molecule has 0 aromatic heterocycles. The van der Waals surface area contributed by atoms with E-state index in [9.17, 15) is 9.90 Å². The van der Waals surface area contributed by atoms with Crippen molar-refractivity contribution in [3.8, 4) is 0 Å². The summed E-state index contributed by atoms with van der Waals surface area (Å²) in [5, 5.41) is 13.8. The summed E-state index contributed by atoms with van der Waals surface area (Å²) in [6, 6.07) is 7.16. The smallest absolute Gasteiger partial charge is 0.221 e. The number of allylic oxidation sites excluding steroid dienone is 3. The van der Waals surface area contributed by atoms with Crippen molar-refractivity contribution in [3.63, 3.8) is 0 Å². The third-order valence-electron chi connectivity index (χ3n) is 3.09. The Morgan fingerprint density at radius 3 is 2.48 bits per heavy atom. The van der Waals surface area contributed by atoms with Crippen LogP contribution in [0.1, 0.15) is 25.8 Å². The van der Waals surface area contributed by atoms with Crippen molar-refractivity contribution in [2.75, 3.05) is 0 Å². The first kappa shape index (κ1) is 18.6. The van der Waals surface area contributed by atoms with Crippen molar-refractivity contribution in [2.24, 2.45) is 5.73 Å². The summed E-state index contributed by atoms with van der Waals surface area (Å²) >= 11 is 5.92. The van der Waals surface area contributed by atoms with Crippen LogP contribution in [0.2, 0.25) is 5.02 Å². The first-order valence-corrected chi connectivity index (χ1v) is 7.46. The summed E-state index contributed by atoms with van der Waals surface area (Å²) in [5.74, 6) is -0.358. The fourth-order valence-electron chi connectivity index (χ4n) is 1.99. The second-order valence-electron chi connectivity index (χ2n) is 4.92. The van der Waals surface area contributed by atoms with Gasteiger partial charge in [0.1, 0.15) is 5.76 Å². The highest BCUT2D eigenvalue weighted by atomic mass is 35.5. The Balaban J connectivity index is 3.34. The number of hydrogen-bond donors (Lipinski definition) is 3. The molecule has 4 nitrogen and oxygen atoms in total. The van der Waals surface area contributed by atoms with E-state index in [4.69, 9.17) is 17.3 Å². The molecule has 0 radical (unpaired) electrons. The second-order valence-corrected chi connectivity index (χ2v) is 5.36. The molecule has 4 N–H and O–H groups in total. The monoisotopic (exact) mass is 332 g/mol. The highest BCUT2D eigenvalue weighted by molar-refractivity contribution is 6.30. The van der Waals surface area contributed by atoms with E-state index in [0.717, 1.165) is 11.1 Å². The van der Waals surface area contributed by atoms with Crippen molar-refractivity contribution in [2.45, 2.75) is 20.3 Å². The average Bonchev–Trinajstić information content (AvgIpc) is 2.51. The van der Waals surface area contributed by atoms with Crippen molar-refractivity contribution in [1.82, 2.24) is 5.32 Å². The predicted octanol–water partition coefficient (Wildman–Crippen LogP) is 4.07. The molecule has 5 heteroatoms. The van der Waals surface area contributed by atoms with Crippen LogP contribution in [0, 0.1) is 0 Å². The van der Waals surface area contributed by atoms with Gasteiger partial charge >= 0.3 is 0 Å². The molecule has 0 fully saturated rings. The first-order chi connectivity index (χ1) is 10.9. The maximum atomic E-state index is 11.2. The summed E-state index contributed by atoms with van der Waals surface area (Å²) in [5.41, 5.74) is 8.02. The number of primary amides is 1. The molecule has 1 amide bonds. The van der Waals surface area contributed by atoms with E-state index in [1.807, 2.05) is 12.1 Å². The molecule has 0 aliphatic rings. The summed E-state index contributed by atoms with van der Waals surface area (Å²) in [4.78, 5) is 11.2. The molecule has 0 unspecified atom stereocenters. The second kappa shape index (κ2) is 8.86. The van der Waals surface area contributed by atoms with E-state index >= 15 is 0 Å². The fraction of sp³-hybridized carbons (Fsp3) is 0.167. The molecule has 0 heterocycles. The Morgan fingerprint density at radius 1 is 1.39 bits per heavy atom. The van der Waals surface area contributed by atoms with Gasteiger partial charge < -0.3 is 16.2 Å². The van der Waals surface area contributed by atoms with Gasteiger partial charge in [-0.3, -0.25) is 4.79 Å². The minimum absolute atomic E-state index is 0.0724. The Bertz CT molecular complexity index is 671. The van der Waals surface area contributed by atoms with E-state index in [-0.39, 0.29) is 12.2 Å². The molecule has 0 atom stereocenters. The van der Waals surface area contributed by atoms with E-state index in [2.05, 4.69) is 11.9 Å². The number of nitrogens with one attached hydrogen (secondary N) is 1. The topological polar surface area (TPSA) is 75.3 Å². The molecule has 0 bridgehead atoms. The van der Waals surface area contributed by atoms with Crippen LogP contribution in [0.25, 0.3) is 5.70 Å². The first-order valence-electron chi connectivity index (χ1n) is 7.08. The van der Waals surface area contributed by atoms with Gasteiger partial charge in [0.05, 0.1) is 5.70 Å². The number of carbonyl (C=O) groups excluding carboxylic acids is 1. The Labute approximate surface area is 141 Å². The van der Waals surface area contributed by atoms with Crippen LogP contribution in [0.15, 0.2) is 66.1 Å². The van der Waals surface area contributed by atoms with Crippen LogP contribution in [-0.4, -0.2) is 11.0 Å². The van der Waals surface area contributed by atoms with Crippen molar-refractivity contribution in [3.05, 3.63) is 76.7 Å². The number of rotatable bonds is 7. The molecule has 1 rings (SSSR count). The molecule has 0 saturated heterocycles. The van der Waals surface area contributed by atoms with E-state index in [0.29, 0.717) is 16.4 Å². The minimum atomic E-state index is -0.430. The summed E-state index contributed by atoms with van der Waals surface area (Å²) < 4.78 is 0. The summed E-state index contributed by atoms with van der Waals surface area (Å²) in [6.07, 6.45) is 4.86. The van der Waals surface area contributed by atoms with Gasteiger partial charge in [-0.1, -0.05) is 36.4 Å². The summed E-state index contributed by atoms with van der Waals surface area (Å²) in [6.45, 7) is 7.16. The van der Waals surface area contributed by atoms with Gasteiger partial charge in [0, 0.05) is 17.1 Å². The van der Waals surface area contributed by atoms with Crippen LogP contribution in [0.4, 0.5) is 0 Å². The molecule has 23 heavy (non-hydrogen) atoms. The van der Waals surface area contributed by atoms with Crippen molar-refractivity contribution < 1.29 is 9.90 Å². The van der Waals surface area contributed by atoms with Gasteiger partial charge in [0.2, 0.25) is 5.91 Å². The van der Waals surface area contributed by atoms with Crippen LogP contribution < -0.4 is 11.1 Å². The highest BCUT2D eigenvalue weighted by Crippen LogP contribution is 2.22. The van der Waals surface area contributed by atoms with Gasteiger partial charge in [-0.05, 0) is 49.3 Å². The molecule has 0 spiro atoms. The lowest BCUT2D eigenvalue weighted by molar-refractivity contribution is -0.117. The molecule has 0 saturated carbocycles. The Morgan fingerprint density at radius 2 is 2.00 bits per heavy atom. The number of nitrogens with two attached hydrogens (primary N) is 1. The van der Waals surface area contributed by atoms with Gasteiger partial charge in [0.25, 0.3) is 0 Å². The van der Waals surface area contributed by atoms with Gasteiger partial charge in [-0.15, -0.1) is 0 Å². The third-order valence-corrected chi connectivity index (χ3v) is 3.34. The molecule has 0 aliphatic carbocycles. The zero-order valence-electron chi connectivity index (χ0n) is 13.3. The largest absolute Gasteiger partial charge is 0.506 e. The Kier molecular flexibility index (Phi) is 7.16. The average molecular weight is 333 g/mol. The van der Waals surface area contributed by atoms with Crippen molar-refractivity contribution >= 4 is 23.2 Å². The van der Waals surface area contributed by atoms with Gasteiger partial charge in [-0.25, -0.2) is 0 Å². The number of hydrogen-bond acceptors (Lipinski definition) is 3. The zero-order valence-corrected chi connectivity index (χ0v) is 14.0. The third kappa shape index (κ3) is 5.68. The zero-order chi connectivity index (χ0) is 17.4. The van der Waals surface area contributed by atoms with E-state index in [1.165, 1.54) is 0 Å². The van der Waals surface area contributed by atoms with E-state index < -0.39 is 5.91 Å². The minimum Gasteiger partial charge on any atom is -0.506 e. The highest BCUT2D eigenvalue weighted by Gasteiger charge is 2.12. The van der Waals surface area contributed by atoms with Crippen LogP contribution in [0.3, 0.4) is 0 Å². The molecule has 0 aliphatic heterocycles. The lowest BCUT2D eigenvalue weighted by Crippen LogP contribution is -2.18. The van der Waals surface area contributed by atoms with Gasteiger partial charge in [-0.2, -0.15) is 0 Å². The Hall–Kier alpha value is -2.46. The number of amides is 1. The van der Waals surface area contributed by atoms with Crippen LogP contribution in [0.5, 0.6) is 0 Å². The maximum absolute atomic E-state index is 11.2. The van der Waals surface area contributed by atoms with Crippen LogP contribution in [-0.2, 0) is 4.79 Å². The molecular weight excluding hydrogens is 312 g/mol. The molecule has 122 valence electrons. The number of benzene rings is 1. The lowest BCUT2D eigenvalue weighted by Gasteiger charge is -2.17. The fourth-order valence-corrected chi connectivity index (χ4v) is 2.12. The SMILES string of the molecule is C=C/C=C(N/C(=C(/C)CC(N)=O)c1ccc(Cl)cc1)\C(O)=C/C. The molecule has 1 aromatic rings. The quantitative estimate of drug-likeness (QED) is 0.520.